The van der Waals surface area contributed by atoms with Crippen LogP contribution in [0.4, 0.5) is 16.2 Å². The maximum absolute atomic E-state index is 12.7. The minimum absolute atomic E-state index is 0.0304. The van der Waals surface area contributed by atoms with Crippen molar-refractivity contribution in [2.45, 2.75) is 33.1 Å². The predicted octanol–water partition coefficient (Wildman–Crippen LogP) is 3.81. The number of carbonyl (C=O) groups excluding carboxylic acids is 1. The van der Waals surface area contributed by atoms with Gasteiger partial charge in [-0.15, -0.1) is 0 Å². The van der Waals surface area contributed by atoms with Gasteiger partial charge < -0.3 is 10.8 Å². The van der Waals surface area contributed by atoms with E-state index < -0.39 is 5.97 Å². The fraction of sp³-hybridized carbons (Fsp3) is 0.364. The lowest BCUT2D eigenvalue weighted by atomic mass is 10.1. The summed E-state index contributed by atoms with van der Waals surface area (Å²) in [6.45, 7) is 6.19. The second-order valence-corrected chi connectivity index (χ2v) is 6.77. The van der Waals surface area contributed by atoms with Gasteiger partial charge in [-0.1, -0.05) is 36.8 Å². The molecule has 1 aliphatic heterocycles. The van der Waals surface area contributed by atoms with Crippen molar-refractivity contribution in [3.63, 3.8) is 0 Å². The maximum Gasteiger partial charge on any atom is 0.329 e. The highest BCUT2D eigenvalue weighted by Crippen LogP contribution is 2.25. The van der Waals surface area contributed by atoms with Crippen molar-refractivity contribution in [1.82, 2.24) is 0 Å². The summed E-state index contributed by atoms with van der Waals surface area (Å²) >= 11 is 0. The smallest absolute Gasteiger partial charge is 0.329 e. The van der Waals surface area contributed by atoms with Crippen LogP contribution in [0.3, 0.4) is 0 Å². The third-order valence-electron chi connectivity index (χ3n) is 4.52. The van der Waals surface area contributed by atoms with Crippen LogP contribution in [-0.2, 0) is 11.2 Å². The number of benzene rings is 2. The third kappa shape index (κ3) is 5.82. The summed E-state index contributed by atoms with van der Waals surface area (Å²) in [6, 6.07) is 15.4. The second-order valence-electron chi connectivity index (χ2n) is 6.77. The molecular weight excluding hydrogens is 354 g/mol. The molecule has 1 saturated heterocycles. The maximum atomic E-state index is 12.7. The fourth-order valence-corrected chi connectivity index (χ4v) is 2.83. The summed E-state index contributed by atoms with van der Waals surface area (Å²) in [4.78, 5) is 26.8. The van der Waals surface area contributed by atoms with E-state index in [4.69, 9.17) is 10.8 Å². The van der Waals surface area contributed by atoms with E-state index in [1.807, 2.05) is 55.5 Å². The Kier molecular flexibility index (Phi) is 8.02. The summed E-state index contributed by atoms with van der Waals surface area (Å²) in [5.74, 6) is -0.803. The van der Waals surface area contributed by atoms with E-state index in [0.29, 0.717) is 19.5 Å². The molecule has 0 radical (unpaired) electrons. The van der Waals surface area contributed by atoms with E-state index in [0.717, 1.165) is 29.9 Å². The minimum atomic E-state index is -0.803. The Morgan fingerprint density at radius 3 is 1.89 bits per heavy atom. The van der Waals surface area contributed by atoms with Crippen molar-refractivity contribution in [2.24, 2.45) is 5.73 Å². The van der Waals surface area contributed by atoms with E-state index in [1.165, 1.54) is 5.56 Å². The van der Waals surface area contributed by atoms with E-state index >= 15 is 0 Å². The molecule has 0 aliphatic carbocycles. The van der Waals surface area contributed by atoms with Crippen LogP contribution in [0, 0.1) is 6.92 Å². The van der Waals surface area contributed by atoms with Gasteiger partial charge in [-0.2, -0.15) is 0 Å². The topological polar surface area (TPSA) is 86.9 Å². The molecule has 0 aromatic heterocycles. The Labute approximate surface area is 166 Å². The fourth-order valence-electron chi connectivity index (χ4n) is 2.83. The first-order chi connectivity index (χ1) is 13.5. The normalized spacial score (nSPS) is 13.3. The SMILES string of the molecule is CCCN.Cc1ccc(N2CCN(c3ccc(CCC(=O)O)cc3)C2=O)cc1. The number of carbonyl (C=O) groups is 2. The first-order valence-corrected chi connectivity index (χ1v) is 9.62. The van der Waals surface area contributed by atoms with Gasteiger partial charge in [0.25, 0.3) is 0 Å². The molecule has 2 aromatic carbocycles. The first-order valence-electron chi connectivity index (χ1n) is 9.62. The highest BCUT2D eigenvalue weighted by Gasteiger charge is 2.30. The average Bonchev–Trinajstić information content (AvgIpc) is 3.09. The van der Waals surface area contributed by atoms with Crippen LogP contribution < -0.4 is 15.5 Å². The van der Waals surface area contributed by atoms with Gasteiger partial charge in [0.05, 0.1) is 0 Å². The molecule has 0 unspecified atom stereocenters. The Hall–Kier alpha value is -2.86. The van der Waals surface area contributed by atoms with Crippen molar-refractivity contribution in [1.29, 1.82) is 0 Å². The highest BCUT2D eigenvalue weighted by molar-refractivity contribution is 6.06. The molecular formula is C22H29N3O3. The van der Waals surface area contributed by atoms with Gasteiger partial charge in [-0.25, -0.2) is 4.79 Å². The van der Waals surface area contributed by atoms with Crippen molar-refractivity contribution < 1.29 is 14.7 Å². The summed E-state index contributed by atoms with van der Waals surface area (Å²) in [6.07, 6.45) is 1.71. The summed E-state index contributed by atoms with van der Waals surface area (Å²) in [7, 11) is 0. The first kappa shape index (κ1) is 21.4. The highest BCUT2D eigenvalue weighted by atomic mass is 16.4. The van der Waals surface area contributed by atoms with Crippen molar-refractivity contribution >= 4 is 23.4 Å². The van der Waals surface area contributed by atoms with Crippen LogP contribution in [0.25, 0.3) is 0 Å². The lowest BCUT2D eigenvalue weighted by Gasteiger charge is -2.19. The van der Waals surface area contributed by atoms with Gasteiger partial charge in [-0.05, 0) is 56.1 Å². The number of nitrogens with two attached hydrogens (primary N) is 1. The van der Waals surface area contributed by atoms with Gasteiger partial charge >= 0.3 is 12.0 Å². The standard InChI is InChI=1S/C19H20N2O3.C3H9N/c1-14-2-7-16(8-3-14)20-12-13-21(19(20)24)17-9-4-15(5-10-17)6-11-18(22)23;1-2-3-4/h2-5,7-10H,6,11-13H2,1H3,(H,22,23);2-4H2,1H3. The zero-order valence-electron chi connectivity index (χ0n) is 16.6. The van der Waals surface area contributed by atoms with Gasteiger partial charge in [-0.3, -0.25) is 14.6 Å². The molecule has 3 rings (SSSR count). The summed E-state index contributed by atoms with van der Waals surface area (Å²) in [5.41, 5.74) is 8.90. The summed E-state index contributed by atoms with van der Waals surface area (Å²) in [5, 5.41) is 8.73. The Bertz CT molecular complexity index is 771. The molecule has 2 amide bonds. The van der Waals surface area contributed by atoms with Crippen LogP contribution in [-0.4, -0.2) is 36.7 Å². The van der Waals surface area contributed by atoms with Crippen molar-refractivity contribution in [2.75, 3.05) is 29.4 Å². The van der Waals surface area contributed by atoms with Crippen LogP contribution in [0.2, 0.25) is 0 Å². The Morgan fingerprint density at radius 1 is 1.00 bits per heavy atom. The number of urea groups is 1. The van der Waals surface area contributed by atoms with Crippen LogP contribution >= 0.6 is 0 Å². The molecule has 28 heavy (non-hydrogen) atoms. The largest absolute Gasteiger partial charge is 0.481 e. The molecule has 3 N–H and O–H groups in total. The van der Waals surface area contributed by atoms with Gasteiger partial charge in [0.15, 0.2) is 0 Å². The number of amides is 2. The molecule has 2 aromatic rings. The minimum Gasteiger partial charge on any atom is -0.481 e. The lowest BCUT2D eigenvalue weighted by Crippen LogP contribution is -2.31. The van der Waals surface area contributed by atoms with Crippen LogP contribution in [0.1, 0.15) is 30.9 Å². The molecule has 150 valence electrons. The monoisotopic (exact) mass is 383 g/mol. The van der Waals surface area contributed by atoms with E-state index in [-0.39, 0.29) is 12.5 Å². The summed E-state index contributed by atoms with van der Waals surface area (Å²) < 4.78 is 0. The number of hydrogen-bond donors (Lipinski definition) is 2. The van der Waals surface area contributed by atoms with Gasteiger partial charge in [0.1, 0.15) is 0 Å². The molecule has 0 saturated carbocycles. The number of rotatable bonds is 6. The van der Waals surface area contributed by atoms with Crippen LogP contribution in [0.15, 0.2) is 48.5 Å². The third-order valence-corrected chi connectivity index (χ3v) is 4.52. The Morgan fingerprint density at radius 2 is 1.46 bits per heavy atom. The number of aliphatic carboxylic acids is 1. The number of nitrogens with zero attached hydrogens (tertiary/aromatic N) is 2. The average molecular weight is 383 g/mol. The number of aryl methyl sites for hydroxylation is 2. The number of anilines is 2. The molecule has 0 spiro atoms. The van der Waals surface area contributed by atoms with Crippen molar-refractivity contribution in [3.05, 3.63) is 59.7 Å². The Balaban J connectivity index is 0.000000640. The predicted molar refractivity (Wildman–Crippen MR) is 113 cm³/mol. The molecule has 1 fully saturated rings. The van der Waals surface area contributed by atoms with E-state index in [9.17, 15) is 9.59 Å². The van der Waals surface area contributed by atoms with Crippen molar-refractivity contribution in [3.8, 4) is 0 Å². The number of carboxylic acid groups (broad SMARTS) is 1. The number of hydrogen-bond acceptors (Lipinski definition) is 3. The molecule has 0 bridgehead atoms. The molecule has 6 nitrogen and oxygen atoms in total. The zero-order valence-corrected chi connectivity index (χ0v) is 16.6. The van der Waals surface area contributed by atoms with Crippen LogP contribution in [0.5, 0.6) is 0 Å². The zero-order chi connectivity index (χ0) is 20.5. The lowest BCUT2D eigenvalue weighted by molar-refractivity contribution is -0.136. The van der Waals surface area contributed by atoms with E-state index in [2.05, 4.69) is 6.92 Å². The van der Waals surface area contributed by atoms with Gasteiger partial charge in [0, 0.05) is 30.9 Å². The quantitative estimate of drug-likeness (QED) is 0.794. The second kappa shape index (κ2) is 10.5. The molecule has 6 heteroatoms. The number of carboxylic acids is 1. The molecule has 1 aliphatic rings. The van der Waals surface area contributed by atoms with Gasteiger partial charge in [0.2, 0.25) is 0 Å². The van der Waals surface area contributed by atoms with E-state index in [1.54, 1.807) is 9.80 Å². The molecule has 1 heterocycles. The molecule has 0 atom stereocenters.